The van der Waals surface area contributed by atoms with E-state index in [0.717, 1.165) is 40.4 Å². The second kappa shape index (κ2) is 6.68. The van der Waals surface area contributed by atoms with Gasteiger partial charge in [0, 0.05) is 11.6 Å². The second-order valence-corrected chi connectivity index (χ2v) is 8.10. The molecule has 0 radical (unpaired) electrons. The van der Waals surface area contributed by atoms with Gasteiger partial charge in [-0.15, -0.1) is 5.10 Å². The van der Waals surface area contributed by atoms with Gasteiger partial charge in [-0.25, -0.2) is 9.07 Å². The molecule has 1 N–H and O–H groups in total. The zero-order valence-corrected chi connectivity index (χ0v) is 16.6. The fourth-order valence-corrected chi connectivity index (χ4v) is 4.42. The Morgan fingerprint density at radius 1 is 0.968 bits per heavy atom. The topological polar surface area (TPSA) is 63.8 Å². The number of hydrogen-bond donors (Lipinski definition) is 1. The first-order valence-corrected chi connectivity index (χ1v) is 10.3. The summed E-state index contributed by atoms with van der Waals surface area (Å²) in [5.74, 6) is -0.192. The Kier molecular flexibility index (Phi) is 3.91. The van der Waals surface area contributed by atoms with Crippen LogP contribution in [0.5, 0.6) is 0 Å². The van der Waals surface area contributed by atoms with Crippen LogP contribution >= 0.6 is 0 Å². The fraction of sp³-hybridized carbons (Fsp3) is 0.160. The third-order valence-corrected chi connectivity index (χ3v) is 6.16. The molecule has 1 fully saturated rings. The minimum atomic E-state index is -1.20. The van der Waals surface area contributed by atoms with Crippen molar-refractivity contribution in [1.82, 2.24) is 20.0 Å². The van der Waals surface area contributed by atoms with E-state index in [9.17, 15) is 9.50 Å². The molecule has 6 heteroatoms. The Morgan fingerprint density at radius 2 is 1.77 bits per heavy atom. The van der Waals surface area contributed by atoms with Gasteiger partial charge in [0.2, 0.25) is 0 Å². The van der Waals surface area contributed by atoms with E-state index in [-0.39, 0.29) is 11.7 Å². The molecule has 152 valence electrons. The minimum absolute atomic E-state index is 0.107. The van der Waals surface area contributed by atoms with E-state index in [4.69, 9.17) is 0 Å². The smallest absolute Gasteiger partial charge is 0.135 e. The van der Waals surface area contributed by atoms with Gasteiger partial charge in [0.25, 0.3) is 0 Å². The molecule has 5 aromatic rings. The average Bonchev–Trinajstić information content (AvgIpc) is 3.59. The van der Waals surface area contributed by atoms with E-state index in [2.05, 4.69) is 15.3 Å². The molecule has 0 spiro atoms. The fourth-order valence-electron chi connectivity index (χ4n) is 4.42. The molecule has 5 nitrogen and oxygen atoms in total. The Labute approximate surface area is 177 Å². The molecule has 2 aromatic heterocycles. The molecule has 1 aliphatic rings. The summed E-state index contributed by atoms with van der Waals surface area (Å²) >= 11 is 0. The average molecular weight is 410 g/mol. The van der Waals surface area contributed by atoms with E-state index in [1.807, 2.05) is 48.5 Å². The van der Waals surface area contributed by atoms with Gasteiger partial charge in [0.1, 0.15) is 16.9 Å². The van der Waals surface area contributed by atoms with E-state index >= 15 is 0 Å². The number of hydrogen-bond acceptors (Lipinski definition) is 4. The van der Waals surface area contributed by atoms with Gasteiger partial charge >= 0.3 is 0 Å². The third-order valence-electron chi connectivity index (χ3n) is 6.16. The van der Waals surface area contributed by atoms with Crippen molar-refractivity contribution in [1.29, 1.82) is 0 Å². The molecule has 31 heavy (non-hydrogen) atoms. The molecule has 1 atom stereocenters. The molecule has 3 aromatic carbocycles. The first kappa shape index (κ1) is 18.2. The maximum atomic E-state index is 13.3. The van der Waals surface area contributed by atoms with Crippen molar-refractivity contribution in [3.05, 3.63) is 96.1 Å². The molecule has 0 amide bonds. The second-order valence-electron chi connectivity index (χ2n) is 8.10. The van der Waals surface area contributed by atoms with Gasteiger partial charge < -0.3 is 5.11 Å². The van der Waals surface area contributed by atoms with Crippen LogP contribution in [-0.2, 0) is 5.60 Å². The van der Waals surface area contributed by atoms with E-state index in [0.29, 0.717) is 11.2 Å². The number of pyridine rings is 1. The maximum Gasteiger partial charge on any atom is 0.135 e. The van der Waals surface area contributed by atoms with Gasteiger partial charge in [-0.1, -0.05) is 35.5 Å². The summed E-state index contributed by atoms with van der Waals surface area (Å²) in [7, 11) is 0. The van der Waals surface area contributed by atoms with Crippen LogP contribution in [0.3, 0.4) is 0 Å². The summed E-state index contributed by atoms with van der Waals surface area (Å²) in [4.78, 5) is 4.63. The normalized spacial score (nSPS) is 15.9. The molecule has 1 aliphatic carbocycles. The van der Waals surface area contributed by atoms with Crippen molar-refractivity contribution in [3.63, 3.8) is 0 Å². The summed E-state index contributed by atoms with van der Waals surface area (Å²) < 4.78 is 15.0. The summed E-state index contributed by atoms with van der Waals surface area (Å²) in [6.07, 6.45) is 3.65. The van der Waals surface area contributed by atoms with Crippen LogP contribution in [0.15, 0.2) is 79.0 Å². The lowest BCUT2D eigenvalue weighted by Crippen LogP contribution is -2.31. The molecule has 2 heterocycles. The van der Waals surface area contributed by atoms with Crippen LogP contribution in [0, 0.1) is 11.7 Å². The number of halogens is 1. The number of aromatic nitrogens is 4. The van der Waals surface area contributed by atoms with Crippen molar-refractivity contribution < 1.29 is 9.50 Å². The molecule has 0 saturated heterocycles. The summed E-state index contributed by atoms with van der Waals surface area (Å²) in [5.41, 5.74) is 2.43. The van der Waals surface area contributed by atoms with Crippen LogP contribution in [0.4, 0.5) is 4.39 Å². The number of rotatable bonds is 4. The highest BCUT2D eigenvalue weighted by Crippen LogP contribution is 2.50. The van der Waals surface area contributed by atoms with E-state index in [1.165, 1.54) is 12.1 Å². The third kappa shape index (κ3) is 2.83. The molecule has 0 bridgehead atoms. The van der Waals surface area contributed by atoms with Gasteiger partial charge in [-0.05, 0) is 72.2 Å². The highest BCUT2D eigenvalue weighted by Gasteiger charge is 2.48. The SMILES string of the molecule is OC(c1ccc2c(c1)nnn2-c1ccc(F)cc1)(c1nccc2ccccc12)C1CC1. The van der Waals surface area contributed by atoms with Crippen molar-refractivity contribution in [3.8, 4) is 5.69 Å². The molecule has 0 aliphatic heterocycles. The zero-order valence-electron chi connectivity index (χ0n) is 16.6. The Balaban J connectivity index is 1.51. The molecule has 6 rings (SSSR count). The van der Waals surface area contributed by atoms with Crippen LogP contribution < -0.4 is 0 Å². The maximum absolute atomic E-state index is 13.3. The predicted octanol–water partition coefficient (Wildman–Crippen LogP) is 4.75. The quantitative estimate of drug-likeness (QED) is 0.464. The van der Waals surface area contributed by atoms with Gasteiger partial charge in [0.15, 0.2) is 0 Å². The zero-order chi connectivity index (χ0) is 21.0. The predicted molar refractivity (Wildman–Crippen MR) is 116 cm³/mol. The molecule has 1 unspecified atom stereocenters. The molecular weight excluding hydrogens is 391 g/mol. The lowest BCUT2D eigenvalue weighted by atomic mass is 9.83. The monoisotopic (exact) mass is 410 g/mol. The summed E-state index contributed by atoms with van der Waals surface area (Å²) in [6, 6.07) is 21.8. The minimum Gasteiger partial charge on any atom is -0.378 e. The van der Waals surface area contributed by atoms with Crippen molar-refractivity contribution in [2.45, 2.75) is 18.4 Å². The first-order valence-electron chi connectivity index (χ1n) is 10.3. The standard InChI is InChI=1S/C25H19FN4O/c26-19-8-10-20(11-9-19)30-23-12-7-18(15-22(23)28-29-30)25(31,17-5-6-17)24-21-4-2-1-3-16(21)13-14-27-24/h1-4,7-15,17,31H,5-6H2. The number of benzene rings is 3. The Hall–Kier alpha value is -3.64. The number of aliphatic hydroxyl groups is 1. The highest BCUT2D eigenvalue weighted by molar-refractivity contribution is 5.86. The first-order chi connectivity index (χ1) is 15.1. The number of nitrogens with zero attached hydrogens (tertiary/aromatic N) is 4. The highest BCUT2D eigenvalue weighted by atomic mass is 19.1. The lowest BCUT2D eigenvalue weighted by Gasteiger charge is -2.29. The Morgan fingerprint density at radius 3 is 2.58 bits per heavy atom. The van der Waals surface area contributed by atoms with Crippen LogP contribution in [0.2, 0.25) is 0 Å². The van der Waals surface area contributed by atoms with Crippen LogP contribution in [-0.4, -0.2) is 25.1 Å². The van der Waals surface area contributed by atoms with Crippen LogP contribution in [0.1, 0.15) is 24.1 Å². The molecular formula is C25H19FN4O. The van der Waals surface area contributed by atoms with Crippen LogP contribution in [0.25, 0.3) is 27.5 Å². The van der Waals surface area contributed by atoms with E-state index in [1.54, 1.807) is 23.0 Å². The van der Waals surface area contributed by atoms with Gasteiger partial charge in [-0.2, -0.15) is 0 Å². The summed E-state index contributed by atoms with van der Waals surface area (Å²) in [5, 5.41) is 22.6. The largest absolute Gasteiger partial charge is 0.378 e. The van der Waals surface area contributed by atoms with Crippen molar-refractivity contribution >= 4 is 21.8 Å². The van der Waals surface area contributed by atoms with Gasteiger partial charge in [0.05, 0.1) is 16.9 Å². The molecule has 1 saturated carbocycles. The van der Waals surface area contributed by atoms with Crippen molar-refractivity contribution in [2.75, 3.05) is 0 Å². The Bertz CT molecular complexity index is 1420. The lowest BCUT2D eigenvalue weighted by molar-refractivity contribution is 0.0537. The van der Waals surface area contributed by atoms with Gasteiger partial charge in [-0.3, -0.25) is 4.98 Å². The summed E-state index contributed by atoms with van der Waals surface area (Å²) in [6.45, 7) is 0. The van der Waals surface area contributed by atoms with Crippen molar-refractivity contribution in [2.24, 2.45) is 5.92 Å². The number of fused-ring (bicyclic) bond motifs is 2. The van der Waals surface area contributed by atoms with E-state index < -0.39 is 5.60 Å².